The normalized spacial score (nSPS) is 12.3. The smallest absolute Gasteiger partial charge is 0.215 e. The van der Waals surface area contributed by atoms with Gasteiger partial charge in [0.25, 0.3) is 0 Å². The van der Waals surface area contributed by atoms with Crippen LogP contribution in [0.1, 0.15) is 19.4 Å². The molecule has 5 heteroatoms. The summed E-state index contributed by atoms with van der Waals surface area (Å²) in [4.78, 5) is 0. The maximum atomic E-state index is 12.0. The van der Waals surface area contributed by atoms with Gasteiger partial charge in [0.1, 0.15) is 0 Å². The number of nitrogens with one attached hydrogen (secondary N) is 1. The zero-order valence-corrected chi connectivity index (χ0v) is 12.8. The van der Waals surface area contributed by atoms with Crippen LogP contribution in [0, 0.1) is 0 Å². The molecule has 1 N–H and O–H groups in total. The second-order valence-corrected chi connectivity index (χ2v) is 7.18. The van der Waals surface area contributed by atoms with Gasteiger partial charge < -0.3 is 5.32 Å². The Kier molecular flexibility index (Phi) is 6.48. The van der Waals surface area contributed by atoms with Crippen molar-refractivity contribution < 1.29 is 8.42 Å². The fraction of sp³-hybridized carbons (Fsp3) is 0.571. The minimum Gasteiger partial charge on any atom is -0.313 e. The van der Waals surface area contributed by atoms with E-state index in [0.717, 1.165) is 12.0 Å². The molecule has 0 aliphatic carbocycles. The maximum Gasteiger partial charge on any atom is 0.215 e. The predicted molar refractivity (Wildman–Crippen MR) is 79.7 cm³/mol. The highest BCUT2D eigenvalue weighted by Gasteiger charge is 2.17. The van der Waals surface area contributed by atoms with E-state index in [1.54, 1.807) is 7.05 Å². The Morgan fingerprint density at radius 3 is 2.42 bits per heavy atom. The second kappa shape index (κ2) is 7.62. The lowest BCUT2D eigenvalue weighted by molar-refractivity contribution is 0.469. The molecule has 0 aliphatic rings. The van der Waals surface area contributed by atoms with Crippen molar-refractivity contribution in [3.63, 3.8) is 0 Å². The summed E-state index contributed by atoms with van der Waals surface area (Å²) in [6, 6.07) is 10.2. The molecule has 1 aromatic rings. The second-order valence-electron chi connectivity index (χ2n) is 4.98. The molecular formula is C14H24N2O2S. The fourth-order valence-corrected chi connectivity index (χ4v) is 2.76. The van der Waals surface area contributed by atoms with E-state index in [1.807, 2.05) is 44.2 Å². The van der Waals surface area contributed by atoms with E-state index in [4.69, 9.17) is 0 Å². The third-order valence-electron chi connectivity index (χ3n) is 2.95. The van der Waals surface area contributed by atoms with Crippen molar-refractivity contribution in [3.05, 3.63) is 35.9 Å². The standard InChI is InChI=1S/C14H24N2O2S/c1-13(2)15-10-12-19(17,18)16(3)11-9-14-7-5-4-6-8-14/h4-8,13,15H,9-12H2,1-3H3. The number of hydrogen-bond acceptors (Lipinski definition) is 3. The monoisotopic (exact) mass is 284 g/mol. The van der Waals surface area contributed by atoms with E-state index in [-0.39, 0.29) is 5.75 Å². The van der Waals surface area contributed by atoms with Gasteiger partial charge in [-0.05, 0) is 12.0 Å². The van der Waals surface area contributed by atoms with Crippen LogP contribution >= 0.6 is 0 Å². The first-order chi connectivity index (χ1) is 8.92. The molecule has 0 saturated heterocycles. The summed E-state index contributed by atoms with van der Waals surface area (Å²) in [7, 11) is -1.51. The molecule has 0 aromatic heterocycles. The van der Waals surface area contributed by atoms with Crippen LogP contribution in [0.4, 0.5) is 0 Å². The first kappa shape index (κ1) is 16.1. The molecule has 108 valence electrons. The molecule has 0 bridgehead atoms. The predicted octanol–water partition coefficient (Wildman–Crippen LogP) is 1.49. The molecule has 0 spiro atoms. The van der Waals surface area contributed by atoms with E-state index >= 15 is 0 Å². The molecular weight excluding hydrogens is 260 g/mol. The molecule has 1 aromatic carbocycles. The van der Waals surface area contributed by atoms with E-state index in [2.05, 4.69) is 5.32 Å². The summed E-state index contributed by atoms with van der Waals surface area (Å²) in [5, 5.41) is 3.12. The molecule has 0 unspecified atom stereocenters. The first-order valence-electron chi connectivity index (χ1n) is 6.63. The Bertz CT molecular complexity index is 458. The highest BCUT2D eigenvalue weighted by Crippen LogP contribution is 2.04. The molecule has 0 heterocycles. The summed E-state index contributed by atoms with van der Waals surface area (Å²) < 4.78 is 25.5. The minimum atomic E-state index is -3.16. The summed E-state index contributed by atoms with van der Waals surface area (Å²) in [6.45, 7) is 5.03. The van der Waals surface area contributed by atoms with Gasteiger partial charge in [-0.15, -0.1) is 0 Å². The van der Waals surface area contributed by atoms with Gasteiger partial charge in [0, 0.05) is 26.2 Å². The molecule has 19 heavy (non-hydrogen) atoms. The number of nitrogens with zero attached hydrogens (tertiary/aromatic N) is 1. The van der Waals surface area contributed by atoms with Gasteiger partial charge >= 0.3 is 0 Å². The molecule has 0 saturated carbocycles. The van der Waals surface area contributed by atoms with Gasteiger partial charge in [-0.2, -0.15) is 0 Å². The molecule has 0 fully saturated rings. The van der Waals surface area contributed by atoms with E-state index < -0.39 is 10.0 Å². The number of likely N-dealkylation sites (N-methyl/N-ethyl adjacent to an activating group) is 1. The molecule has 1 rings (SSSR count). The van der Waals surface area contributed by atoms with Crippen LogP contribution in [0.3, 0.4) is 0 Å². The number of rotatable bonds is 8. The highest BCUT2D eigenvalue weighted by molar-refractivity contribution is 7.89. The minimum absolute atomic E-state index is 0.149. The lowest BCUT2D eigenvalue weighted by Gasteiger charge is -2.18. The van der Waals surface area contributed by atoms with E-state index in [1.165, 1.54) is 4.31 Å². The summed E-state index contributed by atoms with van der Waals surface area (Å²) >= 11 is 0. The Morgan fingerprint density at radius 2 is 1.84 bits per heavy atom. The Labute approximate surface area is 116 Å². The maximum absolute atomic E-state index is 12.0. The Morgan fingerprint density at radius 1 is 1.21 bits per heavy atom. The molecule has 0 amide bonds. The molecule has 0 atom stereocenters. The van der Waals surface area contributed by atoms with Crippen molar-refractivity contribution in [1.82, 2.24) is 9.62 Å². The Balaban J connectivity index is 2.41. The fourth-order valence-electron chi connectivity index (χ4n) is 1.70. The largest absolute Gasteiger partial charge is 0.313 e. The van der Waals surface area contributed by atoms with Crippen LogP contribution in [0.5, 0.6) is 0 Å². The summed E-state index contributed by atoms with van der Waals surface area (Å²) in [5.74, 6) is 0.149. The van der Waals surface area contributed by atoms with Gasteiger partial charge in [0.2, 0.25) is 10.0 Å². The topological polar surface area (TPSA) is 49.4 Å². The molecule has 0 radical (unpaired) electrons. The average molecular weight is 284 g/mol. The van der Waals surface area contributed by atoms with Crippen molar-refractivity contribution in [2.24, 2.45) is 0 Å². The van der Waals surface area contributed by atoms with Crippen molar-refractivity contribution in [2.75, 3.05) is 25.9 Å². The zero-order chi connectivity index (χ0) is 14.3. The van der Waals surface area contributed by atoms with Crippen LogP contribution in [0.15, 0.2) is 30.3 Å². The van der Waals surface area contributed by atoms with Crippen molar-refractivity contribution >= 4 is 10.0 Å². The van der Waals surface area contributed by atoms with Gasteiger partial charge in [-0.1, -0.05) is 44.2 Å². The van der Waals surface area contributed by atoms with E-state index in [9.17, 15) is 8.42 Å². The first-order valence-corrected chi connectivity index (χ1v) is 8.24. The third kappa shape index (κ3) is 6.18. The van der Waals surface area contributed by atoms with Crippen LogP contribution in [0.25, 0.3) is 0 Å². The lowest BCUT2D eigenvalue weighted by Crippen LogP contribution is -2.36. The average Bonchev–Trinajstić information content (AvgIpc) is 2.36. The van der Waals surface area contributed by atoms with Gasteiger partial charge in [-0.3, -0.25) is 0 Å². The van der Waals surface area contributed by atoms with E-state index in [0.29, 0.717) is 19.1 Å². The van der Waals surface area contributed by atoms with Crippen molar-refractivity contribution in [1.29, 1.82) is 0 Å². The summed E-state index contributed by atoms with van der Waals surface area (Å²) in [5.41, 5.74) is 1.16. The quantitative estimate of drug-likeness (QED) is 0.787. The summed E-state index contributed by atoms with van der Waals surface area (Å²) in [6.07, 6.45) is 0.744. The molecule has 4 nitrogen and oxygen atoms in total. The van der Waals surface area contributed by atoms with Gasteiger partial charge in [-0.25, -0.2) is 12.7 Å². The third-order valence-corrected chi connectivity index (χ3v) is 4.80. The Hall–Kier alpha value is -0.910. The molecule has 0 aliphatic heterocycles. The van der Waals surface area contributed by atoms with Crippen LogP contribution in [-0.4, -0.2) is 44.7 Å². The van der Waals surface area contributed by atoms with Crippen LogP contribution in [-0.2, 0) is 16.4 Å². The van der Waals surface area contributed by atoms with Crippen molar-refractivity contribution in [3.8, 4) is 0 Å². The zero-order valence-electron chi connectivity index (χ0n) is 12.0. The van der Waals surface area contributed by atoms with Crippen LogP contribution in [0.2, 0.25) is 0 Å². The van der Waals surface area contributed by atoms with Crippen molar-refractivity contribution in [2.45, 2.75) is 26.3 Å². The SMILES string of the molecule is CC(C)NCCS(=O)(=O)N(C)CCc1ccccc1. The number of benzene rings is 1. The van der Waals surface area contributed by atoms with Gasteiger partial charge in [0.05, 0.1) is 5.75 Å². The highest BCUT2D eigenvalue weighted by atomic mass is 32.2. The van der Waals surface area contributed by atoms with Crippen LogP contribution < -0.4 is 5.32 Å². The number of sulfonamides is 1. The van der Waals surface area contributed by atoms with Gasteiger partial charge in [0.15, 0.2) is 0 Å². The number of hydrogen-bond donors (Lipinski definition) is 1. The lowest BCUT2D eigenvalue weighted by atomic mass is 10.2.